The summed E-state index contributed by atoms with van der Waals surface area (Å²) in [4.78, 5) is 14.9. The van der Waals surface area contributed by atoms with Crippen molar-refractivity contribution in [1.82, 2.24) is 9.55 Å². The van der Waals surface area contributed by atoms with Crippen LogP contribution in [0.3, 0.4) is 0 Å². The molecule has 0 saturated carbocycles. The molecule has 0 fully saturated rings. The first kappa shape index (κ1) is 13.6. The highest BCUT2D eigenvalue weighted by Crippen LogP contribution is 2.33. The first-order valence-electron chi connectivity index (χ1n) is 6.55. The predicted molar refractivity (Wildman–Crippen MR) is 74.2 cm³/mol. The molecule has 21 heavy (non-hydrogen) atoms. The number of aromatic nitrogens is 2. The maximum atomic E-state index is 11.1. The summed E-state index contributed by atoms with van der Waals surface area (Å²) in [5, 5.41) is 11.1. The van der Waals surface area contributed by atoms with Gasteiger partial charge in [0, 0.05) is 29.0 Å². The first-order chi connectivity index (χ1) is 10.1. The highest BCUT2D eigenvalue weighted by molar-refractivity contribution is 5.50. The Morgan fingerprint density at radius 1 is 1.43 bits per heavy atom. The van der Waals surface area contributed by atoms with Gasteiger partial charge >= 0.3 is 0 Å². The number of aryl methyl sites for hydroxylation is 1. The summed E-state index contributed by atoms with van der Waals surface area (Å²) in [6.45, 7) is 4.87. The highest BCUT2D eigenvalue weighted by atomic mass is 16.7. The molecule has 0 saturated heterocycles. The van der Waals surface area contributed by atoms with Crippen LogP contribution in [0.1, 0.15) is 22.5 Å². The van der Waals surface area contributed by atoms with Gasteiger partial charge in [0.25, 0.3) is 5.69 Å². The fourth-order valence-electron chi connectivity index (χ4n) is 2.39. The van der Waals surface area contributed by atoms with E-state index in [0.717, 1.165) is 17.0 Å². The van der Waals surface area contributed by atoms with Crippen molar-refractivity contribution in [1.29, 1.82) is 0 Å². The second kappa shape index (κ2) is 5.17. The molecule has 0 atom stereocenters. The van der Waals surface area contributed by atoms with Crippen LogP contribution in [0.25, 0.3) is 0 Å². The average Bonchev–Trinajstić information content (AvgIpc) is 2.79. The van der Waals surface area contributed by atoms with Crippen LogP contribution < -0.4 is 4.74 Å². The summed E-state index contributed by atoms with van der Waals surface area (Å²) >= 11 is 0. The molecule has 1 aromatic carbocycles. The van der Waals surface area contributed by atoms with Crippen LogP contribution in [0, 0.1) is 24.0 Å². The number of hydrogen-bond donors (Lipinski definition) is 0. The van der Waals surface area contributed by atoms with Crippen molar-refractivity contribution < 1.29 is 14.4 Å². The van der Waals surface area contributed by atoms with E-state index >= 15 is 0 Å². The Morgan fingerprint density at radius 2 is 2.24 bits per heavy atom. The van der Waals surface area contributed by atoms with Gasteiger partial charge in [0.15, 0.2) is 6.79 Å². The maximum Gasteiger partial charge on any atom is 0.270 e. The van der Waals surface area contributed by atoms with Crippen molar-refractivity contribution in [2.24, 2.45) is 0 Å². The summed E-state index contributed by atoms with van der Waals surface area (Å²) in [5.41, 5.74) is 3.50. The lowest BCUT2D eigenvalue weighted by atomic mass is 10.1. The molecule has 1 aliphatic heterocycles. The van der Waals surface area contributed by atoms with Gasteiger partial charge in [-0.05, 0) is 13.8 Å². The Labute approximate surface area is 121 Å². The third-order valence-corrected chi connectivity index (χ3v) is 3.67. The van der Waals surface area contributed by atoms with Gasteiger partial charge in [-0.25, -0.2) is 4.98 Å². The van der Waals surface area contributed by atoms with Gasteiger partial charge in [0.05, 0.1) is 30.1 Å². The standard InChI is InChI=1S/C14H15N3O4/c1-9-10(2)16(7-15-9)5-11-3-13(17(18)19)4-12-6-20-8-21-14(11)12/h3-4,7H,5-6,8H2,1-2H3. The molecule has 0 amide bonds. The molecule has 0 radical (unpaired) electrons. The smallest absolute Gasteiger partial charge is 0.270 e. The number of non-ortho nitro benzene ring substituents is 1. The fraction of sp³-hybridized carbons (Fsp3) is 0.357. The summed E-state index contributed by atoms with van der Waals surface area (Å²) in [6.07, 6.45) is 1.73. The van der Waals surface area contributed by atoms with Crippen molar-refractivity contribution in [3.05, 3.63) is 51.1 Å². The third-order valence-electron chi connectivity index (χ3n) is 3.67. The monoisotopic (exact) mass is 289 g/mol. The molecule has 7 nitrogen and oxygen atoms in total. The fourth-order valence-corrected chi connectivity index (χ4v) is 2.39. The number of imidazole rings is 1. The Kier molecular flexibility index (Phi) is 3.34. The van der Waals surface area contributed by atoms with Crippen molar-refractivity contribution in [3.63, 3.8) is 0 Å². The Morgan fingerprint density at radius 3 is 2.90 bits per heavy atom. The minimum absolute atomic E-state index is 0.0485. The lowest BCUT2D eigenvalue weighted by Gasteiger charge is -2.21. The maximum absolute atomic E-state index is 11.1. The van der Waals surface area contributed by atoms with E-state index in [1.807, 2.05) is 18.4 Å². The molecule has 110 valence electrons. The number of nitrogens with zero attached hydrogens (tertiary/aromatic N) is 3. The molecule has 7 heteroatoms. The molecule has 0 unspecified atom stereocenters. The van der Waals surface area contributed by atoms with Gasteiger partial charge in [-0.1, -0.05) is 0 Å². The SMILES string of the molecule is Cc1ncn(Cc2cc([N+](=O)[O-])cc3c2OCOC3)c1C. The lowest BCUT2D eigenvalue weighted by molar-refractivity contribution is -0.385. The van der Waals surface area contributed by atoms with Crippen molar-refractivity contribution >= 4 is 5.69 Å². The molecule has 0 spiro atoms. The van der Waals surface area contributed by atoms with Crippen molar-refractivity contribution in [3.8, 4) is 5.75 Å². The van der Waals surface area contributed by atoms with Crippen molar-refractivity contribution in [2.75, 3.05) is 6.79 Å². The predicted octanol–water partition coefficient (Wildman–Crippen LogP) is 2.32. The molecule has 2 aromatic rings. The van der Waals surface area contributed by atoms with Gasteiger partial charge < -0.3 is 14.0 Å². The summed E-state index contributed by atoms with van der Waals surface area (Å²) in [6, 6.07) is 3.06. The summed E-state index contributed by atoms with van der Waals surface area (Å²) < 4.78 is 12.7. The van der Waals surface area contributed by atoms with Gasteiger partial charge in [0.1, 0.15) is 5.75 Å². The molecule has 1 aromatic heterocycles. The third kappa shape index (κ3) is 2.47. The highest BCUT2D eigenvalue weighted by Gasteiger charge is 2.21. The molecule has 0 N–H and O–H groups in total. The largest absolute Gasteiger partial charge is 0.467 e. The van der Waals surface area contributed by atoms with Crippen LogP contribution in [-0.2, 0) is 17.9 Å². The van der Waals surface area contributed by atoms with Crippen LogP contribution in [0.4, 0.5) is 5.69 Å². The van der Waals surface area contributed by atoms with E-state index < -0.39 is 4.92 Å². The minimum Gasteiger partial charge on any atom is -0.467 e. The topological polar surface area (TPSA) is 79.4 Å². The van der Waals surface area contributed by atoms with Gasteiger partial charge in [-0.2, -0.15) is 0 Å². The van der Waals surface area contributed by atoms with E-state index in [2.05, 4.69) is 4.98 Å². The average molecular weight is 289 g/mol. The zero-order chi connectivity index (χ0) is 15.0. The van der Waals surface area contributed by atoms with E-state index in [9.17, 15) is 10.1 Å². The molecule has 1 aliphatic rings. The van der Waals surface area contributed by atoms with E-state index in [1.54, 1.807) is 12.4 Å². The number of nitro groups is 1. The quantitative estimate of drug-likeness (QED) is 0.640. The number of ether oxygens (including phenoxy) is 2. The van der Waals surface area contributed by atoms with Gasteiger partial charge in [-0.3, -0.25) is 10.1 Å². The second-order valence-electron chi connectivity index (χ2n) is 5.00. The second-order valence-corrected chi connectivity index (χ2v) is 5.00. The molecule has 0 aliphatic carbocycles. The normalized spacial score (nSPS) is 13.6. The van der Waals surface area contributed by atoms with Crippen LogP contribution in [-0.4, -0.2) is 21.3 Å². The van der Waals surface area contributed by atoms with E-state index in [0.29, 0.717) is 24.5 Å². The van der Waals surface area contributed by atoms with Crippen LogP contribution in [0.15, 0.2) is 18.5 Å². The summed E-state index contributed by atoms with van der Waals surface area (Å²) in [5.74, 6) is 0.678. The van der Waals surface area contributed by atoms with Crippen molar-refractivity contribution in [2.45, 2.75) is 27.0 Å². The minimum atomic E-state index is -0.398. The zero-order valence-corrected chi connectivity index (χ0v) is 11.8. The Bertz CT molecular complexity index is 708. The van der Waals surface area contributed by atoms with E-state index in [-0.39, 0.29) is 12.5 Å². The zero-order valence-electron chi connectivity index (χ0n) is 11.8. The molecule has 0 bridgehead atoms. The van der Waals surface area contributed by atoms with Gasteiger partial charge in [-0.15, -0.1) is 0 Å². The number of fused-ring (bicyclic) bond motifs is 1. The number of nitro benzene ring substituents is 1. The van der Waals surface area contributed by atoms with E-state index in [4.69, 9.17) is 9.47 Å². The van der Waals surface area contributed by atoms with E-state index in [1.165, 1.54) is 6.07 Å². The number of rotatable bonds is 3. The molecule has 2 heterocycles. The first-order valence-corrected chi connectivity index (χ1v) is 6.55. The Balaban J connectivity index is 2.05. The van der Waals surface area contributed by atoms with Crippen LogP contribution in [0.2, 0.25) is 0 Å². The number of hydrogen-bond acceptors (Lipinski definition) is 5. The number of benzene rings is 1. The Hall–Kier alpha value is -2.41. The van der Waals surface area contributed by atoms with Gasteiger partial charge in [0.2, 0.25) is 0 Å². The molecular weight excluding hydrogens is 274 g/mol. The summed E-state index contributed by atoms with van der Waals surface area (Å²) in [7, 11) is 0. The lowest BCUT2D eigenvalue weighted by Crippen LogP contribution is -2.15. The molecule has 3 rings (SSSR count). The van der Waals surface area contributed by atoms with Crippen LogP contribution in [0.5, 0.6) is 5.75 Å². The molecular formula is C14H15N3O4. The van der Waals surface area contributed by atoms with Crippen LogP contribution >= 0.6 is 0 Å².